The summed E-state index contributed by atoms with van der Waals surface area (Å²) in [6.07, 6.45) is -6.35. The lowest BCUT2D eigenvalue weighted by atomic mass is 10.1. The van der Waals surface area contributed by atoms with Crippen molar-refractivity contribution in [3.8, 4) is 11.5 Å². The Bertz CT molecular complexity index is 1360. The fourth-order valence-corrected chi connectivity index (χ4v) is 5.50. The molecule has 0 aromatic heterocycles. The van der Waals surface area contributed by atoms with Crippen LogP contribution in [0, 0.1) is 5.82 Å². The van der Waals surface area contributed by atoms with Crippen molar-refractivity contribution >= 4 is 15.9 Å². The number of sulfonamides is 1. The van der Waals surface area contributed by atoms with Crippen LogP contribution in [0.25, 0.3) is 0 Å². The minimum Gasteiger partial charge on any atom is -0.457 e. The maximum Gasteiger partial charge on any atom is 0.416 e. The molecule has 0 aliphatic carbocycles. The maximum atomic E-state index is 14.2. The van der Waals surface area contributed by atoms with Crippen molar-refractivity contribution in [1.82, 2.24) is 9.62 Å². The van der Waals surface area contributed by atoms with Crippen LogP contribution < -0.4 is 10.1 Å². The molecule has 3 aromatic rings. The molecule has 1 heterocycles. The number of nitrogens with zero attached hydrogens (tertiary/aromatic N) is 1. The van der Waals surface area contributed by atoms with Crippen LogP contribution in [0.5, 0.6) is 11.5 Å². The lowest BCUT2D eigenvalue weighted by molar-refractivity contribution is -0.137. The first-order valence-corrected chi connectivity index (χ1v) is 12.5. The molecule has 1 aliphatic rings. The third-order valence-corrected chi connectivity index (χ3v) is 7.60. The van der Waals surface area contributed by atoms with E-state index in [-0.39, 0.29) is 23.6 Å². The second kappa shape index (κ2) is 10.5. The van der Waals surface area contributed by atoms with Crippen molar-refractivity contribution in [2.24, 2.45) is 0 Å². The second-order valence-electron chi connectivity index (χ2n) is 8.37. The number of benzene rings is 3. The zero-order chi connectivity index (χ0) is 26.8. The van der Waals surface area contributed by atoms with Crippen LogP contribution >= 0.6 is 0 Å². The molecule has 1 aliphatic heterocycles. The minimum absolute atomic E-state index is 0.0407. The van der Waals surface area contributed by atoms with Gasteiger partial charge in [-0.2, -0.15) is 17.5 Å². The Hall–Kier alpha value is -3.51. The smallest absolute Gasteiger partial charge is 0.416 e. The Morgan fingerprint density at radius 2 is 1.68 bits per heavy atom. The van der Waals surface area contributed by atoms with Gasteiger partial charge in [0.2, 0.25) is 15.9 Å². The van der Waals surface area contributed by atoms with Gasteiger partial charge in [0.25, 0.3) is 0 Å². The van der Waals surface area contributed by atoms with Gasteiger partial charge in [-0.15, -0.1) is 0 Å². The van der Waals surface area contributed by atoms with Crippen LogP contribution in [-0.4, -0.2) is 37.4 Å². The zero-order valence-electron chi connectivity index (χ0n) is 19.1. The lowest BCUT2D eigenvalue weighted by Gasteiger charge is -2.23. The predicted octanol–water partition coefficient (Wildman–Crippen LogP) is 5.05. The number of rotatable bonds is 7. The summed E-state index contributed by atoms with van der Waals surface area (Å²) in [4.78, 5) is 12.6. The highest BCUT2D eigenvalue weighted by Gasteiger charge is 2.44. The number of hydrogen-bond acceptors (Lipinski definition) is 4. The number of nitrogens with one attached hydrogen (secondary N) is 1. The average Bonchev–Trinajstić information content (AvgIpc) is 3.25. The fourth-order valence-electron chi connectivity index (χ4n) is 3.88. The molecule has 37 heavy (non-hydrogen) atoms. The topological polar surface area (TPSA) is 75.7 Å². The van der Waals surface area contributed by atoms with E-state index in [9.17, 15) is 35.2 Å². The molecule has 1 fully saturated rings. The van der Waals surface area contributed by atoms with Gasteiger partial charge in [-0.3, -0.25) is 4.79 Å². The van der Waals surface area contributed by atoms with Crippen LogP contribution in [-0.2, 0) is 27.5 Å². The highest BCUT2D eigenvalue weighted by atomic mass is 32.2. The number of ether oxygens (including phenoxy) is 1. The van der Waals surface area contributed by atoms with Crippen molar-refractivity contribution in [1.29, 1.82) is 0 Å². The molecule has 0 unspecified atom stereocenters. The van der Waals surface area contributed by atoms with Gasteiger partial charge < -0.3 is 10.1 Å². The second-order valence-corrected chi connectivity index (χ2v) is 10.3. The summed E-state index contributed by atoms with van der Waals surface area (Å²) >= 11 is 0. The van der Waals surface area contributed by atoms with Crippen molar-refractivity contribution in [2.75, 3.05) is 6.54 Å². The number of carbonyl (C=O) groups excluding carboxylic acids is 1. The van der Waals surface area contributed by atoms with E-state index >= 15 is 0 Å². The van der Waals surface area contributed by atoms with E-state index in [1.165, 1.54) is 12.1 Å². The van der Waals surface area contributed by atoms with Gasteiger partial charge in [-0.1, -0.05) is 12.1 Å². The zero-order valence-corrected chi connectivity index (χ0v) is 19.9. The molecule has 1 amide bonds. The van der Waals surface area contributed by atoms with E-state index in [1.807, 2.05) is 0 Å². The molecule has 0 radical (unpaired) electrons. The Labute approximate surface area is 209 Å². The Morgan fingerprint density at radius 3 is 2.32 bits per heavy atom. The molecule has 1 N–H and O–H groups in total. The van der Waals surface area contributed by atoms with Crippen LogP contribution in [0.2, 0.25) is 0 Å². The van der Waals surface area contributed by atoms with Gasteiger partial charge in [0.15, 0.2) is 0 Å². The molecule has 1 saturated heterocycles. The minimum atomic E-state index is -4.47. The number of carbonyl (C=O) groups is 1. The van der Waals surface area contributed by atoms with Crippen LogP contribution in [0.1, 0.15) is 17.5 Å². The number of alkyl halides is 4. The van der Waals surface area contributed by atoms with Gasteiger partial charge in [0, 0.05) is 19.5 Å². The standard InChI is InChI=1S/C25H21F5N2O4S/c26-18-6-10-22(11-7-18)37(34,35)32-15-19(27)13-23(32)24(33)31-14-16-2-1-3-21(12-16)36-20-8-4-17(5-9-20)25(28,29)30/h1-12,19,23H,13-15H2,(H,31,33)/t19-,23-/m0/s1. The summed E-state index contributed by atoms with van der Waals surface area (Å²) in [5.74, 6) is -0.866. The summed E-state index contributed by atoms with van der Waals surface area (Å²) in [5, 5.41) is 2.59. The molecular formula is C25H21F5N2O4S. The first-order chi connectivity index (χ1) is 17.4. The average molecular weight is 541 g/mol. The van der Waals surface area contributed by atoms with Gasteiger partial charge in [0.1, 0.15) is 29.5 Å². The van der Waals surface area contributed by atoms with Crippen molar-refractivity contribution < 1.29 is 39.9 Å². The van der Waals surface area contributed by atoms with Gasteiger partial charge >= 0.3 is 6.18 Å². The molecule has 12 heteroatoms. The van der Waals surface area contributed by atoms with E-state index in [0.717, 1.165) is 40.7 Å². The SMILES string of the molecule is O=C(NCc1cccc(Oc2ccc(C(F)(F)F)cc2)c1)[C@@H]1C[C@H](F)CN1S(=O)(=O)c1ccc(F)cc1. The quantitative estimate of drug-likeness (QED) is 0.426. The molecule has 0 spiro atoms. The largest absolute Gasteiger partial charge is 0.457 e. The molecule has 0 bridgehead atoms. The number of halogens is 5. The predicted molar refractivity (Wildman–Crippen MR) is 123 cm³/mol. The monoisotopic (exact) mass is 540 g/mol. The van der Waals surface area contributed by atoms with Crippen LogP contribution in [0.3, 0.4) is 0 Å². The molecule has 196 valence electrons. The van der Waals surface area contributed by atoms with E-state index in [0.29, 0.717) is 11.3 Å². The summed E-state index contributed by atoms with van der Waals surface area (Å²) < 4.78 is 97.8. The van der Waals surface area contributed by atoms with Gasteiger partial charge in [0.05, 0.1) is 10.5 Å². The van der Waals surface area contributed by atoms with E-state index in [1.54, 1.807) is 24.3 Å². The Morgan fingerprint density at radius 1 is 1.00 bits per heavy atom. The normalized spacial score (nSPS) is 18.5. The van der Waals surface area contributed by atoms with Crippen LogP contribution in [0.15, 0.2) is 77.7 Å². The van der Waals surface area contributed by atoms with Gasteiger partial charge in [-0.05, 0) is 66.2 Å². The summed E-state index contributed by atoms with van der Waals surface area (Å²) in [6.45, 7) is -0.546. The van der Waals surface area contributed by atoms with Crippen molar-refractivity contribution in [3.63, 3.8) is 0 Å². The third-order valence-electron chi connectivity index (χ3n) is 5.71. The molecule has 3 aromatic carbocycles. The molecule has 4 rings (SSSR count). The van der Waals surface area contributed by atoms with Gasteiger partial charge in [-0.25, -0.2) is 17.2 Å². The maximum absolute atomic E-state index is 14.2. The molecule has 0 saturated carbocycles. The van der Waals surface area contributed by atoms with E-state index < -0.39 is 52.2 Å². The van der Waals surface area contributed by atoms with E-state index in [2.05, 4.69) is 5.32 Å². The number of amides is 1. The molecule has 2 atom stereocenters. The number of hydrogen-bond donors (Lipinski definition) is 1. The molecular weight excluding hydrogens is 519 g/mol. The fraction of sp³-hybridized carbons (Fsp3) is 0.240. The third kappa shape index (κ3) is 6.25. The Kier molecular flexibility index (Phi) is 7.51. The molecule has 6 nitrogen and oxygen atoms in total. The Balaban J connectivity index is 1.42. The van der Waals surface area contributed by atoms with Crippen LogP contribution in [0.4, 0.5) is 22.0 Å². The lowest BCUT2D eigenvalue weighted by Crippen LogP contribution is -2.45. The van der Waals surface area contributed by atoms with E-state index in [4.69, 9.17) is 4.74 Å². The highest BCUT2D eigenvalue weighted by molar-refractivity contribution is 7.89. The highest BCUT2D eigenvalue weighted by Crippen LogP contribution is 2.32. The summed E-state index contributed by atoms with van der Waals surface area (Å²) in [6, 6.07) is 13.3. The first-order valence-electron chi connectivity index (χ1n) is 11.1. The summed E-state index contributed by atoms with van der Waals surface area (Å²) in [5.41, 5.74) is -0.255. The summed E-state index contributed by atoms with van der Waals surface area (Å²) in [7, 11) is -4.24. The van der Waals surface area contributed by atoms with Crippen molar-refractivity contribution in [3.05, 3.63) is 89.7 Å². The first kappa shape index (κ1) is 26.6. The van der Waals surface area contributed by atoms with Crippen molar-refractivity contribution in [2.45, 2.75) is 36.3 Å².